The molecule has 0 saturated heterocycles. The number of nitrogens with zero attached hydrogens (tertiary/aromatic N) is 1. The van der Waals surface area contributed by atoms with E-state index in [-0.39, 0.29) is 4.90 Å². The van der Waals surface area contributed by atoms with E-state index in [0.717, 1.165) is 16.6 Å². The van der Waals surface area contributed by atoms with Gasteiger partial charge in [-0.25, -0.2) is 8.42 Å². The maximum absolute atomic E-state index is 13.6. The highest BCUT2D eigenvalue weighted by Crippen LogP contribution is 2.39. The predicted octanol–water partition coefficient (Wildman–Crippen LogP) is 5.64. The van der Waals surface area contributed by atoms with Crippen LogP contribution in [0.25, 0.3) is 22.2 Å². The predicted molar refractivity (Wildman–Crippen MR) is 110 cm³/mol. The van der Waals surface area contributed by atoms with E-state index >= 15 is 0 Å². The van der Waals surface area contributed by atoms with Gasteiger partial charge in [0.2, 0.25) is 9.84 Å². The lowest BCUT2D eigenvalue weighted by molar-refractivity contribution is 0.597. The molecular weight excluding hydrogens is 378 g/mol. The fourth-order valence-corrected chi connectivity index (χ4v) is 5.23. The summed E-state index contributed by atoms with van der Waals surface area (Å²) in [6.45, 7) is 2.01. The lowest BCUT2D eigenvalue weighted by Gasteiger charge is -2.10. The van der Waals surface area contributed by atoms with Crippen molar-refractivity contribution in [3.8, 4) is 11.3 Å². The molecule has 0 unspecified atom stereocenters. The SMILES string of the molecule is Cc1ccc(-c2c(S(=O)(=O)c3ccc(Cl)cc3)c3ccccc3n2C)cc1. The van der Waals surface area contributed by atoms with Crippen molar-refractivity contribution in [3.63, 3.8) is 0 Å². The maximum atomic E-state index is 13.6. The highest BCUT2D eigenvalue weighted by molar-refractivity contribution is 7.91. The van der Waals surface area contributed by atoms with E-state index in [0.29, 0.717) is 21.0 Å². The average molecular weight is 396 g/mol. The average Bonchev–Trinajstić information content (AvgIpc) is 2.96. The second-order valence-electron chi connectivity index (χ2n) is 6.58. The first-order chi connectivity index (χ1) is 12.9. The van der Waals surface area contributed by atoms with Crippen molar-refractivity contribution in [3.05, 3.63) is 83.4 Å². The molecule has 0 N–H and O–H groups in total. The Balaban J connectivity index is 2.09. The quantitative estimate of drug-likeness (QED) is 0.450. The molecule has 0 spiro atoms. The molecule has 3 nitrogen and oxygen atoms in total. The zero-order valence-corrected chi connectivity index (χ0v) is 16.6. The summed E-state index contributed by atoms with van der Waals surface area (Å²) in [6.07, 6.45) is 0. The lowest BCUT2D eigenvalue weighted by Crippen LogP contribution is -2.04. The first-order valence-electron chi connectivity index (χ1n) is 8.55. The molecule has 0 atom stereocenters. The summed E-state index contributed by atoms with van der Waals surface area (Å²) in [7, 11) is -1.83. The minimum Gasteiger partial charge on any atom is -0.343 e. The molecule has 1 heterocycles. The molecule has 4 rings (SSSR count). The van der Waals surface area contributed by atoms with E-state index in [1.807, 2.05) is 67.1 Å². The molecule has 0 radical (unpaired) electrons. The highest BCUT2D eigenvalue weighted by atomic mass is 35.5. The molecule has 5 heteroatoms. The number of halogens is 1. The molecule has 4 aromatic rings. The lowest BCUT2D eigenvalue weighted by atomic mass is 10.1. The van der Waals surface area contributed by atoms with E-state index in [1.165, 1.54) is 0 Å². The Kier molecular flexibility index (Phi) is 4.33. The fraction of sp³-hybridized carbons (Fsp3) is 0.0909. The van der Waals surface area contributed by atoms with Crippen LogP contribution in [0.15, 0.2) is 82.6 Å². The molecule has 0 amide bonds. The van der Waals surface area contributed by atoms with Crippen LogP contribution in [0, 0.1) is 6.92 Å². The van der Waals surface area contributed by atoms with E-state index in [2.05, 4.69) is 0 Å². The molecule has 27 heavy (non-hydrogen) atoms. The van der Waals surface area contributed by atoms with Crippen molar-refractivity contribution in [2.45, 2.75) is 16.7 Å². The van der Waals surface area contributed by atoms with Gasteiger partial charge in [0.05, 0.1) is 10.6 Å². The molecule has 136 valence electrons. The van der Waals surface area contributed by atoms with Crippen LogP contribution in [-0.4, -0.2) is 13.0 Å². The van der Waals surface area contributed by atoms with Crippen LogP contribution >= 0.6 is 11.6 Å². The number of benzene rings is 3. The molecular formula is C22H18ClNO2S. The summed E-state index contributed by atoms with van der Waals surface area (Å²) >= 11 is 5.95. The molecule has 0 bridgehead atoms. The molecule has 0 aliphatic rings. The Hall–Kier alpha value is -2.56. The van der Waals surface area contributed by atoms with Crippen molar-refractivity contribution in [2.24, 2.45) is 7.05 Å². The van der Waals surface area contributed by atoms with Crippen molar-refractivity contribution in [1.29, 1.82) is 0 Å². The van der Waals surface area contributed by atoms with Crippen LogP contribution in [-0.2, 0) is 16.9 Å². The monoisotopic (exact) mass is 395 g/mol. The summed E-state index contributed by atoms with van der Waals surface area (Å²) in [6, 6.07) is 21.8. The number of sulfone groups is 1. The second kappa shape index (κ2) is 6.55. The third-order valence-electron chi connectivity index (χ3n) is 4.78. The van der Waals surface area contributed by atoms with Crippen LogP contribution < -0.4 is 0 Å². The number of fused-ring (bicyclic) bond motifs is 1. The highest BCUT2D eigenvalue weighted by Gasteiger charge is 2.28. The number of rotatable bonds is 3. The van der Waals surface area contributed by atoms with Gasteiger partial charge in [-0.05, 0) is 42.8 Å². The van der Waals surface area contributed by atoms with Gasteiger partial charge >= 0.3 is 0 Å². The fourth-order valence-electron chi connectivity index (χ4n) is 3.40. The Labute approximate surface area is 163 Å². The van der Waals surface area contributed by atoms with E-state index < -0.39 is 9.84 Å². The number of hydrogen-bond acceptors (Lipinski definition) is 2. The summed E-state index contributed by atoms with van der Waals surface area (Å²) in [5.41, 5.74) is 3.55. The van der Waals surface area contributed by atoms with Crippen LogP contribution in [0.1, 0.15) is 5.56 Å². The van der Waals surface area contributed by atoms with Gasteiger partial charge in [0.1, 0.15) is 4.90 Å². The van der Waals surface area contributed by atoms with Crippen molar-refractivity contribution in [2.75, 3.05) is 0 Å². The zero-order valence-electron chi connectivity index (χ0n) is 15.0. The largest absolute Gasteiger partial charge is 0.343 e. The minimum atomic E-state index is -3.73. The summed E-state index contributed by atoms with van der Waals surface area (Å²) in [4.78, 5) is 0.559. The van der Waals surface area contributed by atoms with Gasteiger partial charge < -0.3 is 4.57 Å². The van der Waals surface area contributed by atoms with Gasteiger partial charge in [0, 0.05) is 23.0 Å². The van der Waals surface area contributed by atoms with Gasteiger partial charge in [0.25, 0.3) is 0 Å². The third-order valence-corrected chi connectivity index (χ3v) is 6.87. The third kappa shape index (κ3) is 2.95. The number of aromatic nitrogens is 1. The van der Waals surface area contributed by atoms with Crippen molar-refractivity contribution in [1.82, 2.24) is 4.57 Å². The summed E-state index contributed by atoms with van der Waals surface area (Å²) < 4.78 is 29.1. The molecule has 3 aromatic carbocycles. The number of hydrogen-bond donors (Lipinski definition) is 0. The summed E-state index contributed by atoms with van der Waals surface area (Å²) in [5.74, 6) is 0. The maximum Gasteiger partial charge on any atom is 0.209 e. The van der Waals surface area contributed by atoms with E-state index in [9.17, 15) is 8.42 Å². The first-order valence-corrected chi connectivity index (χ1v) is 10.4. The van der Waals surface area contributed by atoms with Crippen molar-refractivity contribution >= 4 is 32.3 Å². The molecule has 0 aliphatic carbocycles. The summed E-state index contributed by atoms with van der Waals surface area (Å²) in [5, 5.41) is 1.22. The topological polar surface area (TPSA) is 39.1 Å². The van der Waals surface area contributed by atoms with E-state index in [4.69, 9.17) is 11.6 Å². The van der Waals surface area contributed by atoms with E-state index in [1.54, 1.807) is 24.3 Å². The molecule has 1 aromatic heterocycles. The Bertz CT molecular complexity index is 1240. The van der Waals surface area contributed by atoms with Crippen molar-refractivity contribution < 1.29 is 8.42 Å². The van der Waals surface area contributed by atoms with Crippen LogP contribution in [0.4, 0.5) is 0 Å². The van der Waals surface area contributed by atoms with Gasteiger partial charge in [-0.15, -0.1) is 0 Å². The van der Waals surface area contributed by atoms with Crippen LogP contribution in [0.2, 0.25) is 5.02 Å². The van der Waals surface area contributed by atoms with Crippen LogP contribution in [0.3, 0.4) is 0 Å². The Morgan fingerprint density at radius 3 is 2.15 bits per heavy atom. The molecule has 0 saturated carbocycles. The smallest absolute Gasteiger partial charge is 0.209 e. The first kappa shape index (κ1) is 17.8. The standard InChI is InChI=1S/C22H18ClNO2S/c1-15-7-9-16(10-8-15)21-22(19-5-3-4-6-20(19)24(21)2)27(25,26)18-13-11-17(23)12-14-18/h3-14H,1-2H3. The Morgan fingerprint density at radius 1 is 0.852 bits per heavy atom. The zero-order chi connectivity index (χ0) is 19.2. The van der Waals surface area contributed by atoms with Gasteiger partial charge in [-0.2, -0.15) is 0 Å². The van der Waals surface area contributed by atoms with Crippen LogP contribution in [0.5, 0.6) is 0 Å². The number of aryl methyl sites for hydroxylation is 2. The second-order valence-corrected chi connectivity index (χ2v) is 8.90. The normalized spacial score (nSPS) is 11.8. The van der Waals surface area contributed by atoms with Gasteiger partial charge in [-0.3, -0.25) is 0 Å². The van der Waals surface area contributed by atoms with Gasteiger partial charge in [-0.1, -0.05) is 59.6 Å². The number of para-hydroxylation sites is 1. The molecule has 0 fully saturated rings. The molecule has 0 aliphatic heterocycles. The Morgan fingerprint density at radius 2 is 1.48 bits per heavy atom. The van der Waals surface area contributed by atoms with Gasteiger partial charge in [0.15, 0.2) is 0 Å². The minimum absolute atomic E-state index is 0.233.